The number of ether oxygens (including phenoxy) is 1. The Morgan fingerprint density at radius 1 is 1.19 bits per heavy atom. The van der Waals surface area contributed by atoms with Gasteiger partial charge in [0.1, 0.15) is 17.9 Å². The van der Waals surface area contributed by atoms with Crippen LogP contribution in [0.25, 0.3) is 0 Å². The van der Waals surface area contributed by atoms with Gasteiger partial charge in [0.05, 0.1) is 0 Å². The summed E-state index contributed by atoms with van der Waals surface area (Å²) in [4.78, 5) is 50.9. The summed E-state index contributed by atoms with van der Waals surface area (Å²) in [5.41, 5.74) is 3.64. The lowest BCUT2D eigenvalue weighted by molar-refractivity contribution is -0.137. The summed E-state index contributed by atoms with van der Waals surface area (Å²) >= 11 is 6.39. The Balaban J connectivity index is 1.20. The molecule has 0 radical (unpaired) electrons. The van der Waals surface area contributed by atoms with Crippen LogP contribution in [0.15, 0.2) is 30.3 Å². The van der Waals surface area contributed by atoms with Gasteiger partial charge < -0.3 is 20.3 Å². The van der Waals surface area contributed by atoms with Crippen LogP contribution in [0.1, 0.15) is 52.7 Å². The van der Waals surface area contributed by atoms with E-state index in [2.05, 4.69) is 16.0 Å². The van der Waals surface area contributed by atoms with Gasteiger partial charge in [-0.05, 0) is 56.0 Å². The topological polar surface area (TPSA) is 117 Å². The number of halogens is 1. The van der Waals surface area contributed by atoms with Gasteiger partial charge in [0, 0.05) is 53.8 Å². The van der Waals surface area contributed by atoms with Gasteiger partial charge in [0.2, 0.25) is 17.7 Å². The van der Waals surface area contributed by atoms with Crippen molar-refractivity contribution in [3.63, 3.8) is 0 Å². The minimum atomic E-state index is -0.646. The molecule has 0 aliphatic carbocycles. The van der Waals surface area contributed by atoms with E-state index < -0.39 is 11.9 Å². The molecule has 37 heavy (non-hydrogen) atoms. The van der Waals surface area contributed by atoms with Gasteiger partial charge >= 0.3 is 0 Å². The minimum absolute atomic E-state index is 0.0779. The Morgan fingerprint density at radius 2 is 2.03 bits per heavy atom. The number of imide groups is 1. The molecule has 2 fully saturated rings. The second-order valence-electron chi connectivity index (χ2n) is 9.75. The fourth-order valence-corrected chi connectivity index (χ4v) is 5.21. The van der Waals surface area contributed by atoms with E-state index in [1.165, 1.54) is 4.90 Å². The summed E-state index contributed by atoms with van der Waals surface area (Å²) in [6.45, 7) is 3.91. The first-order chi connectivity index (χ1) is 17.8. The molecule has 194 valence electrons. The molecule has 4 amide bonds. The molecule has 3 aliphatic rings. The Hall–Kier alpha value is -3.43. The van der Waals surface area contributed by atoms with Crippen molar-refractivity contribution in [3.05, 3.63) is 57.6 Å². The SMILES string of the molecule is Cc1c(Cl)cc(NC(=O)CCc2ccc3c(c2)C(=O)N(C2CCC(=O)NC2=O)C3)cc1OC1CCNC1. The number of hydrogen-bond acceptors (Lipinski definition) is 6. The largest absolute Gasteiger partial charge is 0.489 e. The molecule has 3 aliphatic heterocycles. The number of hydrogen-bond donors (Lipinski definition) is 3. The molecule has 9 nitrogen and oxygen atoms in total. The maximum atomic E-state index is 13.0. The second-order valence-corrected chi connectivity index (χ2v) is 10.2. The molecule has 0 bridgehead atoms. The number of carbonyl (C=O) groups is 4. The van der Waals surface area contributed by atoms with Crippen LogP contribution >= 0.6 is 11.6 Å². The Morgan fingerprint density at radius 3 is 2.78 bits per heavy atom. The average molecular weight is 525 g/mol. The number of fused-ring (bicyclic) bond motifs is 1. The molecule has 2 aromatic carbocycles. The van der Waals surface area contributed by atoms with E-state index in [9.17, 15) is 19.2 Å². The van der Waals surface area contributed by atoms with Crippen LogP contribution in [-0.2, 0) is 27.3 Å². The molecule has 2 saturated heterocycles. The summed E-state index contributed by atoms with van der Waals surface area (Å²) in [6.07, 6.45) is 2.20. The fourth-order valence-electron chi connectivity index (χ4n) is 5.00. The van der Waals surface area contributed by atoms with E-state index in [0.29, 0.717) is 41.4 Å². The number of rotatable bonds is 7. The first-order valence-corrected chi connectivity index (χ1v) is 12.9. The third-order valence-electron chi connectivity index (χ3n) is 7.12. The molecule has 2 aromatic rings. The van der Waals surface area contributed by atoms with Crippen molar-refractivity contribution in [3.8, 4) is 5.75 Å². The zero-order valence-electron chi connectivity index (χ0n) is 20.6. The Labute approximate surface area is 219 Å². The number of carbonyl (C=O) groups excluding carboxylic acids is 4. The molecular weight excluding hydrogens is 496 g/mol. The van der Waals surface area contributed by atoms with Gasteiger partial charge in [0.15, 0.2) is 0 Å². The van der Waals surface area contributed by atoms with Crippen LogP contribution in [0.4, 0.5) is 5.69 Å². The van der Waals surface area contributed by atoms with Crippen molar-refractivity contribution in [2.75, 3.05) is 18.4 Å². The highest BCUT2D eigenvalue weighted by Gasteiger charge is 2.39. The molecule has 2 unspecified atom stereocenters. The van der Waals surface area contributed by atoms with Crippen molar-refractivity contribution in [1.29, 1.82) is 0 Å². The van der Waals surface area contributed by atoms with Crippen molar-refractivity contribution in [2.24, 2.45) is 0 Å². The van der Waals surface area contributed by atoms with Gasteiger partial charge in [-0.2, -0.15) is 0 Å². The highest BCUT2D eigenvalue weighted by Crippen LogP contribution is 2.32. The molecule has 0 aromatic heterocycles. The molecule has 5 rings (SSSR count). The molecular formula is C27H29ClN4O5. The lowest BCUT2D eigenvalue weighted by atomic mass is 10.0. The molecule has 2 atom stereocenters. The highest BCUT2D eigenvalue weighted by atomic mass is 35.5. The third kappa shape index (κ3) is 5.47. The van der Waals surface area contributed by atoms with Crippen LogP contribution in [0.3, 0.4) is 0 Å². The average Bonchev–Trinajstić information content (AvgIpc) is 3.49. The predicted molar refractivity (Wildman–Crippen MR) is 138 cm³/mol. The predicted octanol–water partition coefficient (Wildman–Crippen LogP) is 2.72. The number of nitrogens with one attached hydrogen (secondary N) is 3. The lowest BCUT2D eigenvalue weighted by Crippen LogP contribution is -2.52. The number of amides is 4. The fraction of sp³-hybridized carbons (Fsp3) is 0.407. The van der Waals surface area contributed by atoms with Crippen LogP contribution in [-0.4, -0.2) is 53.8 Å². The standard InChI is InChI=1S/C27H29ClN4O5/c1-15-21(28)11-18(12-23(15)37-19-8-9-29-13-19)30-24(33)6-3-16-2-4-17-14-32(27(36)20(17)10-16)22-5-7-25(34)31-26(22)35/h2,4,10-12,19,22,29H,3,5-9,13-14H2,1H3,(H,30,33)(H,31,34,35). The van der Waals surface area contributed by atoms with Crippen molar-refractivity contribution >= 4 is 40.9 Å². The summed E-state index contributed by atoms with van der Waals surface area (Å²) in [7, 11) is 0. The summed E-state index contributed by atoms with van der Waals surface area (Å²) < 4.78 is 6.08. The number of piperidine rings is 1. The van der Waals surface area contributed by atoms with E-state index in [0.717, 1.165) is 36.2 Å². The van der Waals surface area contributed by atoms with Crippen molar-refractivity contribution in [1.82, 2.24) is 15.5 Å². The monoisotopic (exact) mass is 524 g/mol. The molecule has 3 N–H and O–H groups in total. The summed E-state index contributed by atoms with van der Waals surface area (Å²) in [5, 5.41) is 9.00. The quantitative estimate of drug-likeness (QED) is 0.479. The molecule has 0 saturated carbocycles. The van der Waals surface area contributed by atoms with Gasteiger partial charge in [-0.15, -0.1) is 0 Å². The van der Waals surface area contributed by atoms with Gasteiger partial charge in [-0.25, -0.2) is 0 Å². The van der Waals surface area contributed by atoms with Gasteiger partial charge in [-0.1, -0.05) is 23.7 Å². The van der Waals surface area contributed by atoms with E-state index >= 15 is 0 Å². The first-order valence-electron chi connectivity index (χ1n) is 12.5. The van der Waals surface area contributed by atoms with Crippen LogP contribution in [0.5, 0.6) is 5.75 Å². The molecule has 0 spiro atoms. The van der Waals surface area contributed by atoms with Crippen molar-refractivity contribution < 1.29 is 23.9 Å². The molecule has 3 heterocycles. The zero-order chi connectivity index (χ0) is 26.1. The number of anilines is 1. The van der Waals surface area contributed by atoms with Gasteiger partial charge in [0.25, 0.3) is 5.91 Å². The maximum Gasteiger partial charge on any atom is 0.255 e. The summed E-state index contributed by atoms with van der Waals surface area (Å²) in [6, 6.07) is 8.43. The molecule has 10 heteroatoms. The Bertz CT molecular complexity index is 1270. The lowest BCUT2D eigenvalue weighted by Gasteiger charge is -2.29. The summed E-state index contributed by atoms with van der Waals surface area (Å²) in [5.74, 6) is -0.484. The second kappa shape index (κ2) is 10.5. The van der Waals surface area contributed by atoms with E-state index in [1.54, 1.807) is 18.2 Å². The van der Waals surface area contributed by atoms with Crippen LogP contribution < -0.4 is 20.7 Å². The van der Waals surface area contributed by atoms with E-state index in [-0.39, 0.29) is 36.7 Å². The minimum Gasteiger partial charge on any atom is -0.489 e. The van der Waals surface area contributed by atoms with Gasteiger partial charge in [-0.3, -0.25) is 24.5 Å². The normalized spacial score (nSPS) is 21.1. The van der Waals surface area contributed by atoms with Crippen LogP contribution in [0.2, 0.25) is 5.02 Å². The number of aryl methyl sites for hydroxylation is 1. The van der Waals surface area contributed by atoms with E-state index in [1.807, 2.05) is 19.1 Å². The number of benzene rings is 2. The Kier molecular flexibility index (Phi) is 7.17. The third-order valence-corrected chi connectivity index (χ3v) is 7.52. The number of nitrogens with zero attached hydrogens (tertiary/aromatic N) is 1. The smallest absolute Gasteiger partial charge is 0.255 e. The highest BCUT2D eigenvalue weighted by molar-refractivity contribution is 6.32. The van der Waals surface area contributed by atoms with Crippen LogP contribution in [0, 0.1) is 6.92 Å². The van der Waals surface area contributed by atoms with E-state index in [4.69, 9.17) is 16.3 Å². The maximum absolute atomic E-state index is 13.0. The van der Waals surface area contributed by atoms with Crippen molar-refractivity contribution in [2.45, 2.75) is 57.7 Å². The zero-order valence-corrected chi connectivity index (χ0v) is 21.3. The first kappa shape index (κ1) is 25.2.